The van der Waals surface area contributed by atoms with Crippen molar-refractivity contribution in [2.24, 2.45) is 0 Å². The third kappa shape index (κ3) is 3.91. The van der Waals surface area contributed by atoms with E-state index in [1.165, 1.54) is 5.56 Å². The summed E-state index contributed by atoms with van der Waals surface area (Å²) in [5.74, 6) is 2.21. The van der Waals surface area contributed by atoms with Gasteiger partial charge in [-0.1, -0.05) is 13.0 Å². The van der Waals surface area contributed by atoms with E-state index in [0.29, 0.717) is 19.1 Å². The molecule has 1 N–H and O–H groups in total. The molecule has 1 aromatic rings. The quantitative estimate of drug-likeness (QED) is 0.769. The third-order valence-electron chi connectivity index (χ3n) is 2.98. The van der Waals surface area contributed by atoms with Gasteiger partial charge in [-0.05, 0) is 50.9 Å². The van der Waals surface area contributed by atoms with Gasteiger partial charge in [0.25, 0.3) is 0 Å². The van der Waals surface area contributed by atoms with Crippen molar-refractivity contribution >= 4 is 0 Å². The Hall–Kier alpha value is -1.22. The van der Waals surface area contributed by atoms with Crippen molar-refractivity contribution in [3.05, 3.63) is 23.8 Å². The standard InChI is InChI=1S/C15H25NO2/c1-5-12(11-16-4)13-8-9-14(17-6-2)15(10-13)18-7-3/h8-10,12,16H,5-7,11H2,1-4H3. The van der Waals surface area contributed by atoms with Crippen LogP contribution in [-0.4, -0.2) is 26.8 Å². The van der Waals surface area contributed by atoms with Gasteiger partial charge in [-0.2, -0.15) is 0 Å². The van der Waals surface area contributed by atoms with Crippen molar-refractivity contribution in [3.63, 3.8) is 0 Å². The van der Waals surface area contributed by atoms with E-state index in [1.54, 1.807) is 0 Å². The normalized spacial score (nSPS) is 12.2. The minimum absolute atomic E-state index is 0.518. The second-order valence-electron chi connectivity index (χ2n) is 4.24. The van der Waals surface area contributed by atoms with Crippen LogP contribution < -0.4 is 14.8 Å². The molecule has 3 nitrogen and oxygen atoms in total. The zero-order valence-electron chi connectivity index (χ0n) is 12.0. The topological polar surface area (TPSA) is 30.5 Å². The molecule has 1 atom stereocenters. The second-order valence-corrected chi connectivity index (χ2v) is 4.24. The average Bonchev–Trinajstić information content (AvgIpc) is 2.38. The molecule has 0 fully saturated rings. The first-order chi connectivity index (χ1) is 8.76. The maximum absolute atomic E-state index is 5.66. The van der Waals surface area contributed by atoms with Crippen molar-refractivity contribution in [3.8, 4) is 11.5 Å². The Morgan fingerprint density at radius 1 is 1.06 bits per heavy atom. The van der Waals surface area contributed by atoms with Crippen LogP contribution in [0.1, 0.15) is 38.7 Å². The molecule has 0 saturated heterocycles. The summed E-state index contributed by atoms with van der Waals surface area (Å²) in [7, 11) is 1.99. The molecule has 18 heavy (non-hydrogen) atoms. The molecule has 0 bridgehead atoms. The Morgan fingerprint density at radius 2 is 1.72 bits per heavy atom. The predicted molar refractivity (Wildman–Crippen MR) is 75.7 cm³/mol. The minimum atomic E-state index is 0.518. The number of ether oxygens (including phenoxy) is 2. The van der Waals surface area contributed by atoms with Crippen molar-refractivity contribution in [2.75, 3.05) is 26.8 Å². The van der Waals surface area contributed by atoms with Crippen molar-refractivity contribution in [1.29, 1.82) is 0 Å². The third-order valence-corrected chi connectivity index (χ3v) is 2.98. The predicted octanol–water partition coefficient (Wildman–Crippen LogP) is 3.20. The van der Waals surface area contributed by atoms with Crippen LogP contribution in [0.4, 0.5) is 0 Å². The highest BCUT2D eigenvalue weighted by Crippen LogP contribution is 2.32. The van der Waals surface area contributed by atoms with Crippen LogP contribution in [0.5, 0.6) is 11.5 Å². The molecular formula is C15H25NO2. The lowest BCUT2D eigenvalue weighted by molar-refractivity contribution is 0.287. The molecule has 0 saturated carbocycles. The Morgan fingerprint density at radius 3 is 2.28 bits per heavy atom. The van der Waals surface area contributed by atoms with Crippen LogP contribution in [-0.2, 0) is 0 Å². The first kappa shape index (κ1) is 14.8. The van der Waals surface area contributed by atoms with Gasteiger partial charge in [0.15, 0.2) is 11.5 Å². The molecule has 1 unspecified atom stereocenters. The Labute approximate surface area is 110 Å². The fraction of sp³-hybridized carbons (Fsp3) is 0.600. The Kier molecular flexibility index (Phi) is 6.58. The van der Waals surface area contributed by atoms with Gasteiger partial charge in [-0.3, -0.25) is 0 Å². The minimum Gasteiger partial charge on any atom is -0.490 e. The molecule has 3 heteroatoms. The van der Waals surface area contributed by atoms with Crippen molar-refractivity contribution < 1.29 is 9.47 Å². The number of rotatable bonds is 8. The van der Waals surface area contributed by atoms with Crippen LogP contribution in [0.25, 0.3) is 0 Å². The highest BCUT2D eigenvalue weighted by molar-refractivity contribution is 5.44. The van der Waals surface area contributed by atoms with Crippen LogP contribution >= 0.6 is 0 Å². The zero-order valence-corrected chi connectivity index (χ0v) is 12.0. The summed E-state index contributed by atoms with van der Waals surface area (Å²) in [5.41, 5.74) is 1.30. The molecule has 0 aliphatic heterocycles. The van der Waals surface area contributed by atoms with E-state index in [4.69, 9.17) is 9.47 Å². The van der Waals surface area contributed by atoms with Gasteiger partial charge in [0.1, 0.15) is 0 Å². The summed E-state index contributed by atoms with van der Waals surface area (Å²) in [5, 5.41) is 3.24. The molecule has 0 aliphatic carbocycles. The van der Waals surface area contributed by atoms with Gasteiger partial charge < -0.3 is 14.8 Å². The summed E-state index contributed by atoms with van der Waals surface area (Å²) in [6.45, 7) is 8.49. The fourth-order valence-electron chi connectivity index (χ4n) is 2.07. The maximum Gasteiger partial charge on any atom is 0.161 e. The Balaban J connectivity index is 2.96. The van der Waals surface area contributed by atoms with Gasteiger partial charge >= 0.3 is 0 Å². The highest BCUT2D eigenvalue weighted by atomic mass is 16.5. The van der Waals surface area contributed by atoms with E-state index in [0.717, 1.165) is 24.5 Å². The summed E-state index contributed by atoms with van der Waals surface area (Å²) < 4.78 is 11.2. The number of hydrogen-bond donors (Lipinski definition) is 1. The summed E-state index contributed by atoms with van der Waals surface area (Å²) in [6.07, 6.45) is 1.11. The molecular weight excluding hydrogens is 226 g/mol. The summed E-state index contributed by atoms with van der Waals surface area (Å²) in [6, 6.07) is 6.27. The molecule has 0 aliphatic rings. The largest absolute Gasteiger partial charge is 0.490 e. The first-order valence-corrected chi connectivity index (χ1v) is 6.80. The molecule has 0 radical (unpaired) electrons. The second kappa shape index (κ2) is 7.98. The van der Waals surface area contributed by atoms with E-state index in [2.05, 4.69) is 24.4 Å². The van der Waals surface area contributed by atoms with E-state index in [1.807, 2.05) is 27.0 Å². The molecule has 1 aromatic carbocycles. The van der Waals surface area contributed by atoms with Crippen LogP contribution in [0.3, 0.4) is 0 Å². The SMILES string of the molecule is CCOc1ccc(C(CC)CNC)cc1OCC. The highest BCUT2D eigenvalue weighted by Gasteiger charge is 2.12. The summed E-state index contributed by atoms with van der Waals surface area (Å²) >= 11 is 0. The Bertz CT molecular complexity index is 352. The number of hydrogen-bond acceptors (Lipinski definition) is 3. The van der Waals surface area contributed by atoms with E-state index >= 15 is 0 Å². The van der Waals surface area contributed by atoms with Crippen molar-refractivity contribution in [1.82, 2.24) is 5.32 Å². The molecule has 0 spiro atoms. The van der Waals surface area contributed by atoms with Crippen LogP contribution in [0, 0.1) is 0 Å². The van der Waals surface area contributed by atoms with E-state index in [9.17, 15) is 0 Å². The van der Waals surface area contributed by atoms with Gasteiger partial charge in [0.05, 0.1) is 13.2 Å². The maximum atomic E-state index is 5.66. The molecule has 0 heterocycles. The van der Waals surface area contributed by atoms with Gasteiger partial charge in [-0.25, -0.2) is 0 Å². The van der Waals surface area contributed by atoms with Crippen LogP contribution in [0.2, 0.25) is 0 Å². The van der Waals surface area contributed by atoms with E-state index in [-0.39, 0.29) is 0 Å². The monoisotopic (exact) mass is 251 g/mol. The smallest absolute Gasteiger partial charge is 0.161 e. The fourth-order valence-corrected chi connectivity index (χ4v) is 2.07. The van der Waals surface area contributed by atoms with E-state index < -0.39 is 0 Å². The van der Waals surface area contributed by atoms with Gasteiger partial charge in [-0.15, -0.1) is 0 Å². The zero-order chi connectivity index (χ0) is 13.4. The summed E-state index contributed by atoms with van der Waals surface area (Å²) in [4.78, 5) is 0. The number of nitrogens with one attached hydrogen (secondary N) is 1. The van der Waals surface area contributed by atoms with Gasteiger partial charge in [0.2, 0.25) is 0 Å². The number of likely N-dealkylation sites (N-methyl/N-ethyl adjacent to an activating group) is 1. The lowest BCUT2D eigenvalue weighted by atomic mass is 9.96. The molecule has 0 aromatic heterocycles. The van der Waals surface area contributed by atoms with Crippen LogP contribution in [0.15, 0.2) is 18.2 Å². The number of benzene rings is 1. The molecule has 102 valence electrons. The first-order valence-electron chi connectivity index (χ1n) is 6.80. The molecule has 1 rings (SSSR count). The van der Waals surface area contributed by atoms with Crippen molar-refractivity contribution in [2.45, 2.75) is 33.1 Å². The lowest BCUT2D eigenvalue weighted by Gasteiger charge is -2.18. The lowest BCUT2D eigenvalue weighted by Crippen LogP contribution is -2.16. The van der Waals surface area contributed by atoms with Gasteiger partial charge in [0, 0.05) is 6.54 Å². The molecule has 0 amide bonds. The average molecular weight is 251 g/mol.